The van der Waals surface area contributed by atoms with E-state index >= 15 is 0 Å². The first-order valence-electron chi connectivity index (χ1n) is 11.6. The van der Waals surface area contributed by atoms with Crippen molar-refractivity contribution in [3.63, 3.8) is 0 Å². The first-order valence-corrected chi connectivity index (χ1v) is 11.6. The summed E-state index contributed by atoms with van der Waals surface area (Å²) in [4.78, 5) is 17.6. The Morgan fingerprint density at radius 3 is 2.53 bits per heavy atom. The number of rotatable bonds is 8. The van der Waals surface area contributed by atoms with Gasteiger partial charge in [0.15, 0.2) is 11.5 Å². The number of hydrogen-bond acceptors (Lipinski definition) is 6. The van der Waals surface area contributed by atoms with Crippen LogP contribution >= 0.6 is 0 Å². The molecule has 0 aliphatic carbocycles. The molecule has 0 saturated carbocycles. The van der Waals surface area contributed by atoms with Crippen LogP contribution in [-0.4, -0.2) is 63.4 Å². The smallest absolute Gasteiger partial charge is 0.228 e. The lowest BCUT2D eigenvalue weighted by molar-refractivity contribution is -0.115. The van der Waals surface area contributed by atoms with E-state index in [4.69, 9.17) is 14.2 Å². The number of nitrogens with one attached hydrogen (secondary N) is 1. The van der Waals surface area contributed by atoms with Gasteiger partial charge < -0.3 is 24.4 Å². The van der Waals surface area contributed by atoms with E-state index in [1.165, 1.54) is 6.42 Å². The van der Waals surface area contributed by atoms with Gasteiger partial charge in [-0.1, -0.05) is 13.0 Å². The number of benzene rings is 2. The van der Waals surface area contributed by atoms with Crippen LogP contribution in [0.1, 0.15) is 25.8 Å². The maximum Gasteiger partial charge on any atom is 0.228 e. The van der Waals surface area contributed by atoms with Crippen LogP contribution in [0.3, 0.4) is 0 Å². The van der Waals surface area contributed by atoms with E-state index in [0.29, 0.717) is 37.0 Å². The van der Waals surface area contributed by atoms with Gasteiger partial charge in [0.2, 0.25) is 5.91 Å². The maximum absolute atomic E-state index is 12.7. The zero-order valence-electron chi connectivity index (χ0n) is 19.1. The van der Waals surface area contributed by atoms with Gasteiger partial charge in [0.1, 0.15) is 19.0 Å². The molecule has 2 heterocycles. The second-order valence-electron chi connectivity index (χ2n) is 8.15. The van der Waals surface area contributed by atoms with Crippen LogP contribution in [0, 0.1) is 0 Å². The number of amides is 1. The van der Waals surface area contributed by atoms with Gasteiger partial charge in [-0.15, -0.1) is 0 Å². The first kappa shape index (κ1) is 22.3. The highest BCUT2D eigenvalue weighted by molar-refractivity contribution is 5.94. The molecule has 0 aromatic heterocycles. The van der Waals surface area contributed by atoms with Crippen LogP contribution < -0.4 is 24.4 Å². The van der Waals surface area contributed by atoms with Crippen LogP contribution in [0.5, 0.6) is 17.2 Å². The Hall–Kier alpha value is -2.93. The summed E-state index contributed by atoms with van der Waals surface area (Å²) in [6.45, 7) is 11.1. The molecular weight excluding hydrogens is 406 g/mol. The molecule has 7 heteroatoms. The van der Waals surface area contributed by atoms with Crippen molar-refractivity contribution in [1.29, 1.82) is 0 Å². The summed E-state index contributed by atoms with van der Waals surface area (Å²) >= 11 is 0. The molecule has 4 rings (SSSR count). The van der Waals surface area contributed by atoms with Crippen LogP contribution in [0.4, 0.5) is 11.4 Å². The molecule has 0 radical (unpaired) electrons. The van der Waals surface area contributed by atoms with Crippen molar-refractivity contribution < 1.29 is 19.0 Å². The van der Waals surface area contributed by atoms with Crippen LogP contribution in [0.15, 0.2) is 36.4 Å². The molecule has 2 aliphatic rings. The lowest BCUT2D eigenvalue weighted by Gasteiger charge is -2.36. The summed E-state index contributed by atoms with van der Waals surface area (Å²) < 4.78 is 17.0. The van der Waals surface area contributed by atoms with Gasteiger partial charge in [0, 0.05) is 37.9 Å². The van der Waals surface area contributed by atoms with Gasteiger partial charge in [-0.3, -0.25) is 9.69 Å². The molecule has 7 nitrogen and oxygen atoms in total. The summed E-state index contributed by atoms with van der Waals surface area (Å²) in [5, 5.41) is 3.02. The number of nitrogens with zero attached hydrogens (tertiary/aromatic N) is 2. The highest BCUT2D eigenvalue weighted by Gasteiger charge is 2.19. The van der Waals surface area contributed by atoms with Gasteiger partial charge in [0.05, 0.1) is 18.7 Å². The molecule has 1 amide bonds. The Balaban J connectivity index is 1.41. The zero-order valence-corrected chi connectivity index (χ0v) is 19.1. The predicted octanol–water partition coefficient (Wildman–Crippen LogP) is 3.57. The molecule has 1 N–H and O–H groups in total. The minimum Gasteiger partial charge on any atom is -0.492 e. The molecule has 2 aromatic rings. The summed E-state index contributed by atoms with van der Waals surface area (Å²) in [6.07, 6.45) is 1.44. The summed E-state index contributed by atoms with van der Waals surface area (Å²) in [7, 11) is 0. The minimum absolute atomic E-state index is 0.0939. The Morgan fingerprint density at radius 2 is 1.78 bits per heavy atom. The Bertz CT molecular complexity index is 925. The van der Waals surface area contributed by atoms with Crippen molar-refractivity contribution in [3.8, 4) is 17.2 Å². The standard InChI is InChI=1S/C25H33N3O4/c1-3-9-27-10-12-28(13-11-27)20-6-7-21(23(18-20)30-4-2)26-25(29)17-19-5-8-22-24(16-19)32-15-14-31-22/h5-8,16,18H,3-4,9-15,17H2,1-2H3,(H,26,29). The van der Waals surface area contributed by atoms with E-state index in [9.17, 15) is 4.79 Å². The number of hydrogen-bond donors (Lipinski definition) is 1. The summed E-state index contributed by atoms with van der Waals surface area (Å²) in [5.74, 6) is 2.03. The number of carbonyl (C=O) groups is 1. The second-order valence-corrected chi connectivity index (χ2v) is 8.15. The normalized spacial score (nSPS) is 16.0. The monoisotopic (exact) mass is 439 g/mol. The third kappa shape index (κ3) is 5.46. The lowest BCUT2D eigenvalue weighted by atomic mass is 10.1. The van der Waals surface area contributed by atoms with E-state index in [-0.39, 0.29) is 12.3 Å². The topological polar surface area (TPSA) is 63.3 Å². The van der Waals surface area contributed by atoms with Crippen LogP contribution in [-0.2, 0) is 11.2 Å². The van der Waals surface area contributed by atoms with E-state index in [1.54, 1.807) is 0 Å². The first-order chi connectivity index (χ1) is 15.7. The zero-order chi connectivity index (χ0) is 22.3. The van der Waals surface area contributed by atoms with Crippen LogP contribution in [0.2, 0.25) is 0 Å². The molecule has 32 heavy (non-hydrogen) atoms. The molecule has 0 unspecified atom stereocenters. The highest BCUT2D eigenvalue weighted by Crippen LogP contribution is 2.32. The molecule has 1 fully saturated rings. The van der Waals surface area contributed by atoms with Gasteiger partial charge in [0.25, 0.3) is 0 Å². The second kappa shape index (κ2) is 10.6. The van der Waals surface area contributed by atoms with Crippen LogP contribution in [0.25, 0.3) is 0 Å². The van der Waals surface area contributed by atoms with E-state index in [0.717, 1.165) is 49.7 Å². The van der Waals surface area contributed by atoms with Gasteiger partial charge in [-0.25, -0.2) is 0 Å². The third-order valence-corrected chi connectivity index (χ3v) is 5.79. The summed E-state index contributed by atoms with van der Waals surface area (Å²) in [5.41, 5.74) is 2.71. The number of fused-ring (bicyclic) bond motifs is 1. The molecule has 2 aliphatic heterocycles. The Morgan fingerprint density at radius 1 is 1.00 bits per heavy atom. The maximum atomic E-state index is 12.7. The van der Waals surface area contributed by atoms with Crippen molar-refractivity contribution in [2.24, 2.45) is 0 Å². The number of anilines is 2. The molecular formula is C25H33N3O4. The number of ether oxygens (including phenoxy) is 3. The van der Waals surface area contributed by atoms with Crippen molar-refractivity contribution in [2.75, 3.05) is 62.8 Å². The minimum atomic E-state index is -0.0939. The fourth-order valence-electron chi connectivity index (χ4n) is 4.21. The average molecular weight is 440 g/mol. The lowest BCUT2D eigenvalue weighted by Crippen LogP contribution is -2.46. The number of carbonyl (C=O) groups excluding carboxylic acids is 1. The van der Waals surface area contributed by atoms with Gasteiger partial charge in [-0.05, 0) is 49.7 Å². The fourth-order valence-corrected chi connectivity index (χ4v) is 4.21. The molecule has 1 saturated heterocycles. The molecule has 0 bridgehead atoms. The van der Waals surface area contributed by atoms with Crippen molar-refractivity contribution in [1.82, 2.24) is 4.90 Å². The molecule has 2 aromatic carbocycles. The fraction of sp³-hybridized carbons (Fsp3) is 0.480. The van der Waals surface area contributed by atoms with Crippen molar-refractivity contribution >= 4 is 17.3 Å². The molecule has 0 spiro atoms. The largest absolute Gasteiger partial charge is 0.492 e. The Kier molecular flexibility index (Phi) is 7.37. The van der Waals surface area contributed by atoms with Gasteiger partial charge in [-0.2, -0.15) is 0 Å². The predicted molar refractivity (Wildman–Crippen MR) is 126 cm³/mol. The third-order valence-electron chi connectivity index (χ3n) is 5.79. The quantitative estimate of drug-likeness (QED) is 0.679. The SMILES string of the molecule is CCCN1CCN(c2ccc(NC(=O)Cc3ccc4c(c3)OCCO4)c(OCC)c2)CC1. The van der Waals surface area contributed by atoms with Gasteiger partial charge >= 0.3 is 0 Å². The summed E-state index contributed by atoms with van der Waals surface area (Å²) in [6, 6.07) is 11.7. The van der Waals surface area contributed by atoms with E-state index < -0.39 is 0 Å². The average Bonchev–Trinajstić information content (AvgIpc) is 2.81. The Labute approximate surface area is 190 Å². The molecule has 0 atom stereocenters. The van der Waals surface area contributed by atoms with E-state index in [2.05, 4.69) is 28.1 Å². The van der Waals surface area contributed by atoms with Crippen molar-refractivity contribution in [2.45, 2.75) is 26.7 Å². The molecule has 172 valence electrons. The van der Waals surface area contributed by atoms with Crippen molar-refractivity contribution in [3.05, 3.63) is 42.0 Å². The highest BCUT2D eigenvalue weighted by atomic mass is 16.6. The van der Waals surface area contributed by atoms with E-state index in [1.807, 2.05) is 37.3 Å². The number of piperazine rings is 1.